The van der Waals surface area contributed by atoms with E-state index < -0.39 is 11.5 Å². The molecule has 2 N–H and O–H groups in total. The lowest BCUT2D eigenvalue weighted by Gasteiger charge is -2.33. The second-order valence-corrected chi connectivity index (χ2v) is 5.35. The zero-order valence-corrected chi connectivity index (χ0v) is 10.9. The normalized spacial score (nSPS) is 18.3. The minimum Gasteiger partial charge on any atom is -0.480 e. The number of rotatable bonds is 3. The lowest BCUT2D eigenvalue weighted by atomic mass is 9.90. The van der Waals surface area contributed by atoms with Crippen molar-refractivity contribution in [2.24, 2.45) is 0 Å². The number of hydrogen-bond donors (Lipinski definition) is 2. The smallest absolute Gasteiger partial charge is 0.329 e. The predicted octanol–water partition coefficient (Wildman–Crippen LogP) is 1.42. The number of carboxylic acids is 1. The molecule has 0 atom stereocenters. The van der Waals surface area contributed by atoms with E-state index in [-0.39, 0.29) is 5.91 Å². The summed E-state index contributed by atoms with van der Waals surface area (Å²) in [6, 6.07) is 1.76. The van der Waals surface area contributed by atoms with Crippen LogP contribution in [0.4, 0.5) is 0 Å². The van der Waals surface area contributed by atoms with Crippen LogP contribution in [0.2, 0.25) is 0 Å². The molecule has 0 unspecified atom stereocenters. The van der Waals surface area contributed by atoms with Gasteiger partial charge in [-0.1, -0.05) is 0 Å². The molecule has 1 aliphatic rings. The Bertz CT molecular complexity index is 462. The molecule has 0 aliphatic carbocycles. The van der Waals surface area contributed by atoms with Gasteiger partial charge >= 0.3 is 5.97 Å². The van der Waals surface area contributed by atoms with Crippen LogP contribution in [0.1, 0.15) is 28.1 Å². The van der Waals surface area contributed by atoms with E-state index >= 15 is 0 Å². The molecule has 98 valence electrons. The Morgan fingerprint density at radius 2 is 2.11 bits per heavy atom. The topological polar surface area (TPSA) is 75.6 Å². The Balaban J connectivity index is 2.14. The highest BCUT2D eigenvalue weighted by atomic mass is 32.1. The third-order valence-electron chi connectivity index (χ3n) is 3.06. The Morgan fingerprint density at radius 3 is 2.61 bits per heavy atom. The standard InChI is InChI=1S/C12H15NO4S/c1-8-6-9(18-7-8)10(14)13-12(11(15)16)2-4-17-5-3-12/h6-7H,2-5H2,1H3,(H,13,14)(H,15,16). The van der Waals surface area contributed by atoms with E-state index in [1.54, 1.807) is 6.07 Å². The molecule has 1 saturated heterocycles. The van der Waals surface area contributed by atoms with Gasteiger partial charge in [0.25, 0.3) is 5.91 Å². The monoisotopic (exact) mass is 269 g/mol. The average molecular weight is 269 g/mol. The van der Waals surface area contributed by atoms with E-state index in [1.165, 1.54) is 11.3 Å². The van der Waals surface area contributed by atoms with Crippen LogP contribution >= 0.6 is 11.3 Å². The number of amides is 1. The highest BCUT2D eigenvalue weighted by molar-refractivity contribution is 7.12. The van der Waals surface area contributed by atoms with Crippen molar-refractivity contribution in [3.05, 3.63) is 21.9 Å². The first-order chi connectivity index (χ1) is 8.53. The van der Waals surface area contributed by atoms with E-state index in [9.17, 15) is 14.7 Å². The largest absolute Gasteiger partial charge is 0.480 e. The van der Waals surface area contributed by atoms with E-state index in [2.05, 4.69) is 5.32 Å². The predicted molar refractivity (Wildman–Crippen MR) is 66.9 cm³/mol. The zero-order valence-electron chi connectivity index (χ0n) is 10.1. The number of carboxylic acid groups (broad SMARTS) is 1. The van der Waals surface area contributed by atoms with Gasteiger partial charge in [0.2, 0.25) is 0 Å². The summed E-state index contributed by atoms with van der Waals surface area (Å²) in [5, 5.41) is 13.8. The number of ether oxygens (including phenoxy) is 1. The Kier molecular flexibility index (Phi) is 3.68. The van der Waals surface area contributed by atoms with Crippen molar-refractivity contribution in [3.8, 4) is 0 Å². The highest BCUT2D eigenvalue weighted by Crippen LogP contribution is 2.23. The van der Waals surface area contributed by atoms with Gasteiger partial charge in [0, 0.05) is 26.1 Å². The van der Waals surface area contributed by atoms with E-state index in [0.717, 1.165) is 5.56 Å². The molecule has 1 aliphatic heterocycles. The van der Waals surface area contributed by atoms with Crippen molar-refractivity contribution in [2.75, 3.05) is 13.2 Å². The summed E-state index contributed by atoms with van der Waals surface area (Å²) in [5.74, 6) is -1.31. The second-order valence-electron chi connectivity index (χ2n) is 4.44. The summed E-state index contributed by atoms with van der Waals surface area (Å²) in [7, 11) is 0. The third kappa shape index (κ3) is 2.54. The number of aryl methyl sites for hydroxylation is 1. The molecule has 0 bridgehead atoms. The molecule has 18 heavy (non-hydrogen) atoms. The van der Waals surface area contributed by atoms with Gasteiger partial charge in [0.05, 0.1) is 4.88 Å². The Labute approximate surface area is 109 Å². The molecule has 0 spiro atoms. The first-order valence-corrected chi connectivity index (χ1v) is 6.60. The lowest BCUT2D eigenvalue weighted by Crippen LogP contribution is -2.57. The maximum absolute atomic E-state index is 12.0. The summed E-state index contributed by atoms with van der Waals surface area (Å²) in [4.78, 5) is 24.0. The fourth-order valence-corrected chi connectivity index (χ4v) is 2.73. The summed E-state index contributed by atoms with van der Waals surface area (Å²) < 4.78 is 5.15. The molecule has 1 aromatic rings. The van der Waals surface area contributed by atoms with Crippen molar-refractivity contribution in [1.29, 1.82) is 0 Å². The van der Waals surface area contributed by atoms with E-state index in [1.807, 2.05) is 12.3 Å². The quantitative estimate of drug-likeness (QED) is 0.870. The van der Waals surface area contributed by atoms with Crippen LogP contribution in [0.5, 0.6) is 0 Å². The summed E-state index contributed by atoms with van der Waals surface area (Å²) in [5.41, 5.74) is -0.186. The molecule has 0 aromatic carbocycles. The van der Waals surface area contributed by atoms with Crippen molar-refractivity contribution >= 4 is 23.2 Å². The van der Waals surface area contributed by atoms with Crippen LogP contribution in [0.15, 0.2) is 11.4 Å². The average Bonchev–Trinajstić information content (AvgIpc) is 2.77. The molecule has 5 nitrogen and oxygen atoms in total. The van der Waals surface area contributed by atoms with Crippen molar-refractivity contribution in [3.63, 3.8) is 0 Å². The molecule has 1 fully saturated rings. The third-order valence-corrected chi connectivity index (χ3v) is 4.11. The molecule has 0 radical (unpaired) electrons. The fourth-order valence-electron chi connectivity index (χ4n) is 1.94. The van der Waals surface area contributed by atoms with Gasteiger partial charge in [-0.2, -0.15) is 0 Å². The summed E-state index contributed by atoms with van der Waals surface area (Å²) in [6.45, 7) is 2.61. The second kappa shape index (κ2) is 5.07. The molecule has 0 saturated carbocycles. The molecule has 2 heterocycles. The van der Waals surface area contributed by atoms with Crippen molar-refractivity contribution in [1.82, 2.24) is 5.32 Å². The first-order valence-electron chi connectivity index (χ1n) is 5.72. The van der Waals surface area contributed by atoms with Gasteiger partial charge in [0.15, 0.2) is 0 Å². The SMILES string of the molecule is Cc1csc(C(=O)NC2(C(=O)O)CCOCC2)c1. The van der Waals surface area contributed by atoms with Gasteiger partial charge in [-0.05, 0) is 23.9 Å². The van der Waals surface area contributed by atoms with Gasteiger partial charge in [-0.3, -0.25) is 4.79 Å². The van der Waals surface area contributed by atoms with E-state index in [4.69, 9.17) is 4.74 Å². The Morgan fingerprint density at radius 1 is 1.44 bits per heavy atom. The number of nitrogens with one attached hydrogen (secondary N) is 1. The maximum atomic E-state index is 12.0. The molecular weight excluding hydrogens is 254 g/mol. The maximum Gasteiger partial charge on any atom is 0.329 e. The Hall–Kier alpha value is -1.40. The molecule has 2 rings (SSSR count). The van der Waals surface area contributed by atoms with Gasteiger partial charge in [0.1, 0.15) is 5.54 Å². The lowest BCUT2D eigenvalue weighted by molar-refractivity contribution is -0.148. The minimum absolute atomic E-state index is 0.304. The highest BCUT2D eigenvalue weighted by Gasteiger charge is 2.41. The van der Waals surface area contributed by atoms with Gasteiger partial charge in [-0.15, -0.1) is 11.3 Å². The van der Waals surface area contributed by atoms with Crippen molar-refractivity contribution in [2.45, 2.75) is 25.3 Å². The fraction of sp³-hybridized carbons (Fsp3) is 0.500. The zero-order chi connectivity index (χ0) is 13.2. The van der Waals surface area contributed by atoms with Crippen molar-refractivity contribution < 1.29 is 19.4 Å². The minimum atomic E-state index is -1.19. The van der Waals surface area contributed by atoms with Crippen LogP contribution in [0.3, 0.4) is 0 Å². The van der Waals surface area contributed by atoms with Crippen LogP contribution in [-0.2, 0) is 9.53 Å². The van der Waals surface area contributed by atoms with Crippen LogP contribution in [-0.4, -0.2) is 35.7 Å². The van der Waals surface area contributed by atoms with Gasteiger partial charge in [-0.25, -0.2) is 4.79 Å². The number of aliphatic carboxylic acids is 1. The number of carbonyl (C=O) groups is 2. The molecule has 6 heteroatoms. The summed E-state index contributed by atoms with van der Waals surface area (Å²) in [6.07, 6.45) is 0.608. The summed E-state index contributed by atoms with van der Waals surface area (Å²) >= 11 is 1.32. The number of hydrogen-bond acceptors (Lipinski definition) is 4. The molecular formula is C12H15NO4S. The number of carbonyl (C=O) groups excluding carboxylic acids is 1. The first kappa shape index (κ1) is 13.0. The van der Waals surface area contributed by atoms with Crippen LogP contribution in [0.25, 0.3) is 0 Å². The molecule has 1 aromatic heterocycles. The van der Waals surface area contributed by atoms with Gasteiger partial charge < -0.3 is 15.2 Å². The number of thiophene rings is 1. The molecule has 1 amide bonds. The van der Waals surface area contributed by atoms with E-state index in [0.29, 0.717) is 30.9 Å². The van der Waals surface area contributed by atoms with Crippen LogP contribution in [0, 0.1) is 6.92 Å². The van der Waals surface area contributed by atoms with Crippen LogP contribution < -0.4 is 5.32 Å².